The van der Waals surface area contributed by atoms with E-state index in [0.29, 0.717) is 25.1 Å². The minimum atomic E-state index is -1.27. The van der Waals surface area contributed by atoms with Gasteiger partial charge in [-0.05, 0) is 51.7 Å². The third-order valence-electron chi connectivity index (χ3n) is 6.34. The summed E-state index contributed by atoms with van der Waals surface area (Å²) in [5.41, 5.74) is -0.792. The molecule has 216 valence electrons. The second-order valence-corrected chi connectivity index (χ2v) is 11.7. The van der Waals surface area contributed by atoms with Crippen molar-refractivity contribution in [3.8, 4) is 0 Å². The maximum atomic E-state index is 12.1. The molecule has 37 heavy (non-hydrogen) atoms. The van der Waals surface area contributed by atoms with Gasteiger partial charge in [0.25, 0.3) is 0 Å². The molecule has 1 aliphatic rings. The summed E-state index contributed by atoms with van der Waals surface area (Å²) in [6.07, 6.45) is 4.74. The number of aliphatic hydroxyl groups is 3. The molecule has 1 heterocycles. The van der Waals surface area contributed by atoms with Crippen LogP contribution in [-0.2, 0) is 19.1 Å². The van der Waals surface area contributed by atoms with Crippen LogP contribution >= 0.6 is 11.8 Å². The number of thioether (sulfide) groups is 1. The standard InChI is InChI=1S/C26H49N3O7S/c1-5-12-21(33)29-26(3,4)14-9-6-8-13-20(32)27-15-10-7-11-16-37-25-22(28-18(2)31)24(35)23(34)19(17-30)36-25/h19,22-25,30,34-35H,5-17H2,1-4H3,(H,27,32)(H,28,31)(H,29,33)/t19?,22?,23-,24?,25-/m0/s1. The molecule has 0 saturated carbocycles. The average Bonchev–Trinajstić information content (AvgIpc) is 2.81. The first-order chi connectivity index (χ1) is 17.5. The first kappa shape index (κ1) is 33.6. The maximum Gasteiger partial charge on any atom is 0.220 e. The van der Waals surface area contributed by atoms with Gasteiger partial charge in [-0.1, -0.05) is 26.2 Å². The summed E-state index contributed by atoms with van der Waals surface area (Å²) < 4.78 is 5.70. The summed E-state index contributed by atoms with van der Waals surface area (Å²) in [5.74, 6) is 0.533. The summed E-state index contributed by atoms with van der Waals surface area (Å²) in [6.45, 7) is 7.60. The quantitative estimate of drug-likeness (QED) is 0.141. The fourth-order valence-corrected chi connectivity index (χ4v) is 5.55. The van der Waals surface area contributed by atoms with Crippen LogP contribution in [0.15, 0.2) is 0 Å². The molecule has 0 bridgehead atoms. The number of carbonyl (C=O) groups excluding carboxylic acids is 3. The predicted octanol–water partition coefficient (Wildman–Crippen LogP) is 1.60. The molecule has 5 atom stereocenters. The Labute approximate surface area is 226 Å². The van der Waals surface area contributed by atoms with E-state index in [1.165, 1.54) is 18.7 Å². The molecule has 1 rings (SSSR count). The Morgan fingerprint density at radius 2 is 1.65 bits per heavy atom. The molecule has 0 aromatic heterocycles. The molecule has 0 aromatic carbocycles. The van der Waals surface area contributed by atoms with Crippen molar-refractivity contribution in [3.05, 3.63) is 0 Å². The summed E-state index contributed by atoms with van der Waals surface area (Å²) in [7, 11) is 0. The molecule has 1 fully saturated rings. The van der Waals surface area contributed by atoms with Crippen LogP contribution in [0.5, 0.6) is 0 Å². The summed E-state index contributed by atoms with van der Waals surface area (Å²) in [4.78, 5) is 35.3. The summed E-state index contributed by atoms with van der Waals surface area (Å²) in [6, 6.07) is -0.759. The summed E-state index contributed by atoms with van der Waals surface area (Å²) in [5, 5.41) is 38.5. The van der Waals surface area contributed by atoms with Crippen molar-refractivity contribution in [3.63, 3.8) is 0 Å². The van der Waals surface area contributed by atoms with Crippen LogP contribution in [0.3, 0.4) is 0 Å². The van der Waals surface area contributed by atoms with E-state index in [4.69, 9.17) is 4.74 Å². The van der Waals surface area contributed by atoms with E-state index in [1.807, 2.05) is 20.8 Å². The van der Waals surface area contributed by atoms with Gasteiger partial charge in [0, 0.05) is 31.8 Å². The molecule has 10 nitrogen and oxygen atoms in total. The van der Waals surface area contributed by atoms with Crippen LogP contribution in [0.2, 0.25) is 0 Å². The largest absolute Gasteiger partial charge is 0.394 e. The number of unbranched alkanes of at least 4 members (excludes halogenated alkanes) is 4. The lowest BCUT2D eigenvalue weighted by Crippen LogP contribution is -2.63. The maximum absolute atomic E-state index is 12.1. The van der Waals surface area contributed by atoms with Gasteiger partial charge in [0.1, 0.15) is 23.7 Å². The van der Waals surface area contributed by atoms with E-state index in [2.05, 4.69) is 16.0 Å². The monoisotopic (exact) mass is 547 g/mol. The first-order valence-corrected chi connectivity index (χ1v) is 14.6. The number of hydrogen-bond acceptors (Lipinski definition) is 8. The van der Waals surface area contributed by atoms with Crippen LogP contribution in [0.1, 0.15) is 91.9 Å². The third-order valence-corrected chi connectivity index (χ3v) is 7.59. The van der Waals surface area contributed by atoms with Crippen molar-refractivity contribution in [2.45, 2.75) is 127 Å². The molecule has 3 unspecified atom stereocenters. The fourth-order valence-electron chi connectivity index (χ4n) is 4.29. The zero-order chi connectivity index (χ0) is 27.8. The van der Waals surface area contributed by atoms with E-state index in [-0.39, 0.29) is 23.3 Å². The van der Waals surface area contributed by atoms with Gasteiger partial charge in [0.05, 0.1) is 12.6 Å². The van der Waals surface area contributed by atoms with Gasteiger partial charge in [-0.25, -0.2) is 0 Å². The Bertz CT molecular complexity index is 695. The number of rotatable bonds is 18. The Hall–Kier alpha value is -1.40. The van der Waals surface area contributed by atoms with Gasteiger partial charge in [-0.15, -0.1) is 11.8 Å². The topological polar surface area (TPSA) is 157 Å². The minimum absolute atomic E-state index is 0.0567. The van der Waals surface area contributed by atoms with E-state index >= 15 is 0 Å². The molecule has 1 saturated heterocycles. The van der Waals surface area contributed by atoms with Crippen molar-refractivity contribution < 1.29 is 34.4 Å². The van der Waals surface area contributed by atoms with Crippen LogP contribution in [0.25, 0.3) is 0 Å². The lowest BCUT2D eigenvalue weighted by atomic mass is 9.96. The number of aliphatic hydroxyl groups excluding tert-OH is 3. The second kappa shape index (κ2) is 18.0. The second-order valence-electron chi connectivity index (χ2n) is 10.5. The van der Waals surface area contributed by atoms with Crippen LogP contribution in [-0.4, -0.2) is 87.3 Å². The van der Waals surface area contributed by atoms with Gasteiger partial charge in [0.2, 0.25) is 17.7 Å². The molecule has 0 radical (unpaired) electrons. The van der Waals surface area contributed by atoms with E-state index in [9.17, 15) is 29.7 Å². The predicted molar refractivity (Wildman–Crippen MR) is 145 cm³/mol. The SMILES string of the molecule is CCCC(=O)NC(C)(C)CCCCCC(=O)NCCCCCS[C@@H]1OC(CO)[C@H](O)C(O)C1NC(C)=O. The Morgan fingerprint density at radius 1 is 0.946 bits per heavy atom. The Balaban J connectivity index is 2.15. The molecule has 0 spiro atoms. The number of carbonyl (C=O) groups is 3. The van der Waals surface area contributed by atoms with Crippen LogP contribution < -0.4 is 16.0 Å². The zero-order valence-corrected chi connectivity index (χ0v) is 23.8. The van der Waals surface area contributed by atoms with Crippen molar-refractivity contribution >= 4 is 29.5 Å². The Morgan fingerprint density at radius 3 is 2.30 bits per heavy atom. The van der Waals surface area contributed by atoms with Crippen molar-refractivity contribution in [1.29, 1.82) is 0 Å². The molecule has 6 N–H and O–H groups in total. The van der Waals surface area contributed by atoms with Gasteiger partial charge in [-0.2, -0.15) is 0 Å². The third kappa shape index (κ3) is 13.8. The number of hydrogen-bond donors (Lipinski definition) is 6. The highest BCUT2D eigenvalue weighted by Crippen LogP contribution is 2.29. The average molecular weight is 548 g/mol. The van der Waals surface area contributed by atoms with Crippen molar-refractivity contribution in [1.82, 2.24) is 16.0 Å². The van der Waals surface area contributed by atoms with Crippen LogP contribution in [0, 0.1) is 0 Å². The lowest BCUT2D eigenvalue weighted by molar-refractivity contribution is -0.173. The highest BCUT2D eigenvalue weighted by atomic mass is 32.2. The van der Waals surface area contributed by atoms with Gasteiger partial charge >= 0.3 is 0 Å². The molecular weight excluding hydrogens is 498 g/mol. The van der Waals surface area contributed by atoms with E-state index in [0.717, 1.165) is 51.4 Å². The first-order valence-electron chi connectivity index (χ1n) is 13.6. The number of ether oxygens (including phenoxy) is 1. The van der Waals surface area contributed by atoms with Crippen molar-refractivity contribution in [2.75, 3.05) is 18.9 Å². The highest BCUT2D eigenvalue weighted by Gasteiger charge is 2.44. The van der Waals surface area contributed by atoms with Gasteiger partial charge < -0.3 is 36.0 Å². The number of amides is 3. The van der Waals surface area contributed by atoms with Gasteiger partial charge in [-0.3, -0.25) is 14.4 Å². The van der Waals surface area contributed by atoms with Crippen LogP contribution in [0.4, 0.5) is 0 Å². The minimum Gasteiger partial charge on any atom is -0.394 e. The van der Waals surface area contributed by atoms with Gasteiger partial charge in [0.15, 0.2) is 0 Å². The number of nitrogens with one attached hydrogen (secondary N) is 3. The zero-order valence-electron chi connectivity index (χ0n) is 23.0. The molecule has 11 heteroatoms. The molecule has 1 aliphatic heterocycles. The highest BCUT2D eigenvalue weighted by molar-refractivity contribution is 7.99. The smallest absolute Gasteiger partial charge is 0.220 e. The molecule has 3 amide bonds. The molecule has 0 aromatic rings. The molecular formula is C26H49N3O7S. The summed E-state index contributed by atoms with van der Waals surface area (Å²) >= 11 is 1.43. The van der Waals surface area contributed by atoms with E-state index < -0.39 is 36.4 Å². The Kier molecular flexibility index (Phi) is 16.3. The fraction of sp³-hybridized carbons (Fsp3) is 0.885. The molecule has 0 aliphatic carbocycles. The normalized spacial score (nSPS) is 23.9. The lowest BCUT2D eigenvalue weighted by Gasteiger charge is -2.42. The van der Waals surface area contributed by atoms with E-state index in [1.54, 1.807) is 0 Å². The van der Waals surface area contributed by atoms with Crippen molar-refractivity contribution in [2.24, 2.45) is 0 Å².